The second kappa shape index (κ2) is 10.2. The number of aromatic nitrogens is 1. The Morgan fingerprint density at radius 2 is 1.73 bits per heavy atom. The number of ether oxygens (including phenoxy) is 1. The smallest absolute Gasteiger partial charge is 0.220 e. The first-order chi connectivity index (χ1) is 14.8. The van der Waals surface area contributed by atoms with Gasteiger partial charge < -0.3 is 14.5 Å². The normalized spacial score (nSPS) is 13.3. The molecule has 0 aliphatic heterocycles. The lowest BCUT2D eigenvalue weighted by atomic mass is 10.1. The number of carbonyl (C=O) groups excluding carboxylic acids is 1. The van der Waals surface area contributed by atoms with Crippen LogP contribution in [0, 0.1) is 5.92 Å². The molecule has 0 radical (unpaired) electrons. The summed E-state index contributed by atoms with van der Waals surface area (Å²) in [6.45, 7) is 2.21. The average Bonchev–Trinajstić information content (AvgIpc) is 3.52. The largest absolute Gasteiger partial charge is 0.440 e. The molecule has 1 aromatic heterocycles. The maximum atomic E-state index is 12.2. The summed E-state index contributed by atoms with van der Waals surface area (Å²) in [5, 5.41) is 2.95. The first-order valence-electron chi connectivity index (χ1n) is 10.7. The Hall–Kier alpha value is -2.92. The van der Waals surface area contributed by atoms with Crippen molar-refractivity contribution in [2.24, 2.45) is 5.92 Å². The average molecular weight is 405 g/mol. The van der Waals surface area contributed by atoms with Gasteiger partial charge in [-0.05, 0) is 25.2 Å². The molecule has 1 aliphatic carbocycles. The molecule has 1 amide bonds. The van der Waals surface area contributed by atoms with E-state index in [4.69, 9.17) is 14.1 Å². The Bertz CT molecular complexity index is 877. The van der Waals surface area contributed by atoms with Gasteiger partial charge in [-0.2, -0.15) is 0 Å². The van der Waals surface area contributed by atoms with Gasteiger partial charge in [0, 0.05) is 43.7 Å². The predicted octanol–water partition coefficient (Wildman–Crippen LogP) is 4.87. The second-order valence-electron chi connectivity index (χ2n) is 7.74. The van der Waals surface area contributed by atoms with Crippen LogP contribution in [0.25, 0.3) is 22.6 Å². The van der Waals surface area contributed by atoms with Crippen molar-refractivity contribution in [2.75, 3.05) is 19.8 Å². The van der Waals surface area contributed by atoms with E-state index in [0.29, 0.717) is 31.9 Å². The van der Waals surface area contributed by atoms with Crippen LogP contribution in [0.1, 0.15) is 31.6 Å². The Morgan fingerprint density at radius 3 is 2.43 bits per heavy atom. The lowest BCUT2D eigenvalue weighted by Crippen LogP contribution is -2.25. The fourth-order valence-corrected chi connectivity index (χ4v) is 3.29. The number of benzene rings is 2. The van der Waals surface area contributed by atoms with Gasteiger partial charge >= 0.3 is 0 Å². The molecule has 3 aromatic rings. The highest BCUT2D eigenvalue weighted by molar-refractivity contribution is 5.77. The van der Waals surface area contributed by atoms with Gasteiger partial charge in [0.05, 0.1) is 0 Å². The van der Waals surface area contributed by atoms with Crippen molar-refractivity contribution >= 4 is 5.91 Å². The van der Waals surface area contributed by atoms with Crippen molar-refractivity contribution in [3.63, 3.8) is 0 Å². The molecule has 0 saturated heterocycles. The third kappa shape index (κ3) is 5.80. The van der Waals surface area contributed by atoms with E-state index in [1.807, 2.05) is 60.7 Å². The molecule has 1 aliphatic rings. The molecular formula is C25H28N2O3. The van der Waals surface area contributed by atoms with E-state index in [0.717, 1.165) is 41.5 Å². The number of rotatable bonds is 11. The van der Waals surface area contributed by atoms with Gasteiger partial charge in [-0.1, -0.05) is 60.7 Å². The Morgan fingerprint density at radius 1 is 1.03 bits per heavy atom. The highest BCUT2D eigenvalue weighted by Gasteiger charge is 2.21. The van der Waals surface area contributed by atoms with Gasteiger partial charge in [-0.15, -0.1) is 0 Å². The van der Waals surface area contributed by atoms with E-state index < -0.39 is 0 Å². The predicted molar refractivity (Wildman–Crippen MR) is 117 cm³/mol. The summed E-state index contributed by atoms with van der Waals surface area (Å²) in [7, 11) is 0. The zero-order valence-corrected chi connectivity index (χ0v) is 17.2. The van der Waals surface area contributed by atoms with Gasteiger partial charge in [-0.25, -0.2) is 4.98 Å². The standard InChI is InChI=1S/C25H28N2O3/c28-22(26-16-7-17-29-18-19-12-13-19)14-15-23-27-24(20-8-3-1-4-9-20)25(30-23)21-10-5-2-6-11-21/h1-6,8-11,19H,7,12-18H2,(H,26,28). The van der Waals surface area contributed by atoms with Gasteiger partial charge in [0.25, 0.3) is 0 Å². The number of hydrogen-bond acceptors (Lipinski definition) is 4. The van der Waals surface area contributed by atoms with Crippen LogP contribution in [-0.4, -0.2) is 30.6 Å². The molecule has 0 spiro atoms. The van der Waals surface area contributed by atoms with Crippen LogP contribution >= 0.6 is 0 Å². The van der Waals surface area contributed by atoms with Gasteiger partial charge in [0.15, 0.2) is 11.7 Å². The lowest BCUT2D eigenvalue weighted by Gasteiger charge is -2.05. The zero-order chi connectivity index (χ0) is 20.6. The molecule has 30 heavy (non-hydrogen) atoms. The molecule has 2 aromatic carbocycles. The van der Waals surface area contributed by atoms with Crippen molar-refractivity contribution in [2.45, 2.75) is 32.1 Å². The number of aryl methyl sites for hydroxylation is 1. The van der Waals surface area contributed by atoms with Crippen LogP contribution in [0.3, 0.4) is 0 Å². The number of hydrogen-bond donors (Lipinski definition) is 1. The van der Waals surface area contributed by atoms with Crippen LogP contribution in [0.4, 0.5) is 0 Å². The molecule has 4 rings (SSSR count). The maximum Gasteiger partial charge on any atom is 0.220 e. The van der Waals surface area contributed by atoms with Crippen molar-refractivity contribution in [1.29, 1.82) is 0 Å². The Balaban J connectivity index is 1.32. The molecule has 1 saturated carbocycles. The lowest BCUT2D eigenvalue weighted by molar-refractivity contribution is -0.121. The van der Waals surface area contributed by atoms with Crippen molar-refractivity contribution in [3.8, 4) is 22.6 Å². The minimum absolute atomic E-state index is 0.0120. The summed E-state index contributed by atoms with van der Waals surface area (Å²) in [6.07, 6.45) is 4.27. The number of amides is 1. The van der Waals surface area contributed by atoms with E-state index in [1.165, 1.54) is 12.8 Å². The first-order valence-corrected chi connectivity index (χ1v) is 10.7. The van der Waals surface area contributed by atoms with E-state index in [9.17, 15) is 4.79 Å². The number of carbonyl (C=O) groups is 1. The van der Waals surface area contributed by atoms with Gasteiger partial charge in [0.2, 0.25) is 5.91 Å². The molecular weight excluding hydrogens is 376 g/mol. The Labute approximate surface area is 177 Å². The summed E-state index contributed by atoms with van der Waals surface area (Å²) in [5.41, 5.74) is 2.79. The number of oxazole rings is 1. The summed E-state index contributed by atoms with van der Waals surface area (Å²) >= 11 is 0. The quantitative estimate of drug-likeness (QED) is 0.463. The zero-order valence-electron chi connectivity index (χ0n) is 17.2. The topological polar surface area (TPSA) is 64.4 Å². The van der Waals surface area contributed by atoms with Gasteiger partial charge in [0.1, 0.15) is 5.69 Å². The fourth-order valence-electron chi connectivity index (χ4n) is 3.29. The molecule has 5 heteroatoms. The van der Waals surface area contributed by atoms with Crippen LogP contribution in [0.15, 0.2) is 65.1 Å². The fraction of sp³-hybridized carbons (Fsp3) is 0.360. The first kappa shape index (κ1) is 20.4. The number of nitrogens with zero attached hydrogens (tertiary/aromatic N) is 1. The minimum Gasteiger partial charge on any atom is -0.440 e. The molecule has 5 nitrogen and oxygen atoms in total. The van der Waals surface area contributed by atoms with Crippen molar-refractivity contribution in [3.05, 3.63) is 66.6 Å². The van der Waals surface area contributed by atoms with Crippen molar-refractivity contribution in [1.82, 2.24) is 10.3 Å². The van der Waals surface area contributed by atoms with Crippen LogP contribution < -0.4 is 5.32 Å². The molecule has 156 valence electrons. The monoisotopic (exact) mass is 404 g/mol. The van der Waals surface area contributed by atoms with Crippen LogP contribution in [0.5, 0.6) is 0 Å². The van der Waals surface area contributed by atoms with Crippen LogP contribution in [0.2, 0.25) is 0 Å². The van der Waals surface area contributed by atoms with Crippen molar-refractivity contribution < 1.29 is 13.9 Å². The third-order valence-corrected chi connectivity index (χ3v) is 5.16. The Kier molecular flexibility index (Phi) is 6.93. The third-order valence-electron chi connectivity index (χ3n) is 5.16. The molecule has 1 heterocycles. The maximum absolute atomic E-state index is 12.2. The van der Waals surface area contributed by atoms with Crippen LogP contribution in [-0.2, 0) is 16.0 Å². The van der Waals surface area contributed by atoms with E-state index in [1.54, 1.807) is 0 Å². The highest BCUT2D eigenvalue weighted by Crippen LogP contribution is 2.32. The SMILES string of the molecule is O=C(CCc1nc(-c2ccccc2)c(-c2ccccc2)o1)NCCCOCC1CC1. The van der Waals surface area contributed by atoms with Gasteiger partial charge in [-0.3, -0.25) is 4.79 Å². The summed E-state index contributed by atoms with van der Waals surface area (Å²) < 4.78 is 11.7. The molecule has 1 fully saturated rings. The van der Waals surface area contributed by atoms with E-state index >= 15 is 0 Å². The summed E-state index contributed by atoms with van der Waals surface area (Å²) in [4.78, 5) is 16.9. The summed E-state index contributed by atoms with van der Waals surface area (Å²) in [5.74, 6) is 2.11. The molecule has 0 atom stereocenters. The molecule has 0 unspecified atom stereocenters. The molecule has 0 bridgehead atoms. The highest BCUT2D eigenvalue weighted by atomic mass is 16.5. The summed E-state index contributed by atoms with van der Waals surface area (Å²) in [6, 6.07) is 19.9. The minimum atomic E-state index is 0.0120. The van der Waals surface area contributed by atoms with E-state index in [2.05, 4.69) is 5.32 Å². The number of nitrogens with one attached hydrogen (secondary N) is 1. The van der Waals surface area contributed by atoms with E-state index in [-0.39, 0.29) is 5.91 Å². The second-order valence-corrected chi connectivity index (χ2v) is 7.74. The molecule has 1 N–H and O–H groups in total.